The van der Waals surface area contributed by atoms with E-state index in [-0.39, 0.29) is 37.0 Å². The number of ketones is 1. The van der Waals surface area contributed by atoms with E-state index < -0.39 is 17.8 Å². The fourth-order valence-electron chi connectivity index (χ4n) is 2.89. The molecule has 1 aromatic carbocycles. The average molecular weight is 292 g/mol. The first-order valence-electron chi connectivity index (χ1n) is 6.96. The van der Waals surface area contributed by atoms with Crippen LogP contribution in [0.25, 0.3) is 0 Å². The average Bonchev–Trinajstić information content (AvgIpc) is 2.76. The number of hydrogen-bond donors (Lipinski definition) is 0. The molecule has 0 aliphatic heterocycles. The van der Waals surface area contributed by atoms with Crippen LogP contribution in [0.15, 0.2) is 24.3 Å². The minimum atomic E-state index is -0.642. The fraction of sp³-hybridized carbons (Fsp3) is 0.438. The first-order valence-corrected chi connectivity index (χ1v) is 6.96. The van der Waals surface area contributed by atoms with Gasteiger partial charge < -0.3 is 9.53 Å². The van der Waals surface area contributed by atoms with E-state index in [4.69, 9.17) is 4.74 Å². The number of benzene rings is 1. The van der Waals surface area contributed by atoms with E-state index in [1.54, 1.807) is 19.1 Å². The van der Waals surface area contributed by atoms with Gasteiger partial charge in [0.1, 0.15) is 17.9 Å². The first kappa shape index (κ1) is 15.4. The van der Waals surface area contributed by atoms with Crippen molar-refractivity contribution in [1.29, 1.82) is 0 Å². The number of hydrogen-bond acceptors (Lipinski definition) is 4. The molecule has 2 rings (SSSR count). The summed E-state index contributed by atoms with van der Waals surface area (Å²) in [6.07, 6.45) is 0.843. The molecule has 0 N–H and O–H groups in total. The van der Waals surface area contributed by atoms with E-state index in [2.05, 4.69) is 0 Å². The summed E-state index contributed by atoms with van der Waals surface area (Å²) in [4.78, 5) is 35.0. The highest BCUT2D eigenvalue weighted by Gasteiger charge is 2.44. The lowest BCUT2D eigenvalue weighted by atomic mass is 9.84. The van der Waals surface area contributed by atoms with Crippen molar-refractivity contribution in [2.45, 2.75) is 25.7 Å². The lowest BCUT2D eigenvalue weighted by Crippen LogP contribution is -2.23. The maximum absolute atomic E-state index is 13.0. The van der Waals surface area contributed by atoms with Crippen LogP contribution in [0.2, 0.25) is 0 Å². The van der Waals surface area contributed by atoms with Gasteiger partial charge in [-0.3, -0.25) is 9.59 Å². The summed E-state index contributed by atoms with van der Waals surface area (Å²) in [6.45, 7) is 1.93. The van der Waals surface area contributed by atoms with Gasteiger partial charge in [-0.2, -0.15) is 0 Å². The Morgan fingerprint density at radius 2 is 2.05 bits per heavy atom. The highest BCUT2D eigenvalue weighted by Crippen LogP contribution is 2.42. The molecule has 1 aromatic rings. The molecular formula is C16H17FO4. The van der Waals surface area contributed by atoms with Gasteiger partial charge in [-0.05, 0) is 24.6 Å². The van der Waals surface area contributed by atoms with Gasteiger partial charge >= 0.3 is 5.97 Å². The van der Waals surface area contributed by atoms with Crippen LogP contribution in [0.4, 0.5) is 4.39 Å². The summed E-state index contributed by atoms with van der Waals surface area (Å²) in [5.74, 6) is -2.45. The third-order valence-electron chi connectivity index (χ3n) is 3.91. The number of esters is 1. The number of carbonyl (C=O) groups excluding carboxylic acids is 3. The van der Waals surface area contributed by atoms with Crippen molar-refractivity contribution >= 4 is 18.0 Å². The van der Waals surface area contributed by atoms with Gasteiger partial charge in [0, 0.05) is 24.2 Å². The highest BCUT2D eigenvalue weighted by atomic mass is 19.1. The molecule has 0 spiro atoms. The molecule has 0 unspecified atom stereocenters. The monoisotopic (exact) mass is 292 g/mol. The Bertz CT molecular complexity index is 538. The zero-order chi connectivity index (χ0) is 15.4. The molecular weight excluding hydrogens is 275 g/mol. The van der Waals surface area contributed by atoms with Crippen molar-refractivity contribution in [3.63, 3.8) is 0 Å². The Morgan fingerprint density at radius 1 is 1.38 bits per heavy atom. The second-order valence-corrected chi connectivity index (χ2v) is 5.16. The van der Waals surface area contributed by atoms with Gasteiger partial charge in [-0.1, -0.05) is 12.1 Å². The van der Waals surface area contributed by atoms with Crippen LogP contribution in [-0.2, 0) is 19.1 Å². The summed E-state index contributed by atoms with van der Waals surface area (Å²) in [7, 11) is 0. The Labute approximate surface area is 122 Å². The Kier molecular flexibility index (Phi) is 4.83. The molecule has 1 fully saturated rings. The number of halogens is 1. The zero-order valence-corrected chi connectivity index (χ0v) is 11.8. The van der Waals surface area contributed by atoms with Gasteiger partial charge in [0.2, 0.25) is 0 Å². The standard InChI is InChI=1S/C16H17FO4/c1-2-21-16(20)8-13-14(9-18)12(7-15(13)19)10-3-5-11(17)6-4-10/h3-6,9,12-14H,2,7-8H2,1H3/t12-,13+,14-/m1/s1. The van der Waals surface area contributed by atoms with Gasteiger partial charge in [-0.25, -0.2) is 4.39 Å². The molecule has 0 bridgehead atoms. The van der Waals surface area contributed by atoms with Crippen LogP contribution < -0.4 is 0 Å². The lowest BCUT2D eigenvalue weighted by Gasteiger charge is -2.18. The fourth-order valence-corrected chi connectivity index (χ4v) is 2.89. The molecule has 1 aliphatic rings. The summed E-state index contributed by atoms with van der Waals surface area (Å²) < 4.78 is 17.8. The molecule has 3 atom stereocenters. The van der Waals surface area contributed by atoms with Crippen LogP contribution in [0.3, 0.4) is 0 Å². The Balaban J connectivity index is 2.18. The molecule has 1 saturated carbocycles. The van der Waals surface area contributed by atoms with Crippen LogP contribution in [0.1, 0.15) is 31.2 Å². The number of Topliss-reactive ketones (excluding diaryl/α,β-unsaturated/α-hetero) is 1. The Morgan fingerprint density at radius 3 is 2.62 bits per heavy atom. The number of aldehydes is 1. The molecule has 0 amide bonds. The smallest absolute Gasteiger partial charge is 0.306 e. The predicted octanol–water partition coefficient (Wildman–Crippen LogP) is 2.27. The van der Waals surface area contributed by atoms with Crippen molar-refractivity contribution in [3.05, 3.63) is 35.6 Å². The summed E-state index contributed by atoms with van der Waals surface area (Å²) in [5, 5.41) is 0. The topological polar surface area (TPSA) is 60.4 Å². The summed E-state index contributed by atoms with van der Waals surface area (Å²) >= 11 is 0. The predicted molar refractivity (Wildman–Crippen MR) is 73.1 cm³/mol. The maximum atomic E-state index is 13.0. The summed E-state index contributed by atoms with van der Waals surface area (Å²) in [5.41, 5.74) is 0.744. The first-order chi connectivity index (χ1) is 10.1. The van der Waals surface area contributed by atoms with Crippen LogP contribution in [-0.4, -0.2) is 24.6 Å². The Hall–Kier alpha value is -2.04. The zero-order valence-electron chi connectivity index (χ0n) is 11.8. The number of ether oxygens (including phenoxy) is 1. The molecule has 0 saturated heterocycles. The molecule has 0 radical (unpaired) electrons. The van der Waals surface area contributed by atoms with Gasteiger partial charge in [0.05, 0.1) is 13.0 Å². The van der Waals surface area contributed by atoms with Crippen LogP contribution in [0, 0.1) is 17.7 Å². The largest absolute Gasteiger partial charge is 0.466 e. The molecule has 5 heteroatoms. The molecule has 0 heterocycles. The van der Waals surface area contributed by atoms with Crippen LogP contribution >= 0.6 is 0 Å². The minimum absolute atomic E-state index is 0.0756. The lowest BCUT2D eigenvalue weighted by molar-refractivity contribution is -0.146. The van der Waals surface area contributed by atoms with E-state index in [9.17, 15) is 18.8 Å². The summed E-state index contributed by atoms with van der Waals surface area (Å²) in [6, 6.07) is 5.77. The van der Waals surface area contributed by atoms with Gasteiger partial charge in [-0.15, -0.1) is 0 Å². The van der Waals surface area contributed by atoms with E-state index in [0.717, 1.165) is 11.8 Å². The minimum Gasteiger partial charge on any atom is -0.466 e. The van der Waals surface area contributed by atoms with Crippen LogP contribution in [0.5, 0.6) is 0 Å². The molecule has 0 aromatic heterocycles. The van der Waals surface area contributed by atoms with Crippen molar-refractivity contribution < 1.29 is 23.5 Å². The molecule has 21 heavy (non-hydrogen) atoms. The second-order valence-electron chi connectivity index (χ2n) is 5.16. The molecule has 4 nitrogen and oxygen atoms in total. The van der Waals surface area contributed by atoms with E-state index in [1.165, 1.54) is 12.1 Å². The maximum Gasteiger partial charge on any atom is 0.306 e. The number of carbonyl (C=O) groups is 3. The quantitative estimate of drug-likeness (QED) is 0.617. The second kappa shape index (κ2) is 6.61. The van der Waals surface area contributed by atoms with Crippen molar-refractivity contribution in [1.82, 2.24) is 0 Å². The van der Waals surface area contributed by atoms with E-state index >= 15 is 0 Å². The van der Waals surface area contributed by atoms with Crippen molar-refractivity contribution in [3.8, 4) is 0 Å². The highest BCUT2D eigenvalue weighted by molar-refractivity contribution is 5.91. The third-order valence-corrected chi connectivity index (χ3v) is 3.91. The van der Waals surface area contributed by atoms with E-state index in [1.807, 2.05) is 0 Å². The van der Waals surface area contributed by atoms with E-state index in [0.29, 0.717) is 0 Å². The number of rotatable bonds is 5. The van der Waals surface area contributed by atoms with Gasteiger partial charge in [0.25, 0.3) is 0 Å². The molecule has 112 valence electrons. The normalized spacial score (nSPS) is 24.9. The SMILES string of the molecule is CCOC(=O)C[C@@H]1C(=O)C[C@H](c2ccc(F)cc2)[C@H]1C=O. The van der Waals surface area contributed by atoms with Gasteiger partial charge in [0.15, 0.2) is 0 Å². The molecule has 1 aliphatic carbocycles. The van der Waals surface area contributed by atoms with Crippen molar-refractivity contribution in [2.24, 2.45) is 11.8 Å². The third kappa shape index (κ3) is 3.35. The van der Waals surface area contributed by atoms with Crippen molar-refractivity contribution in [2.75, 3.05) is 6.61 Å².